The van der Waals surface area contributed by atoms with Crippen molar-refractivity contribution in [3.8, 4) is 11.9 Å². The highest BCUT2D eigenvalue weighted by Crippen LogP contribution is 2.26. The standard InChI is InChI=1S/C19H22N4O/c1-14-5-7-17(8-6-14)24-19-11-15(9-10-21-19)13-22-18-4-2-3-16(12-20)23-18/h2-4,9-11,14,17H,5-8,13H2,1H3,(H,22,23). The SMILES string of the molecule is CC1CCC(Oc2cc(CNc3cccc(C#N)n3)ccn2)CC1. The van der Waals surface area contributed by atoms with Gasteiger partial charge in [0, 0.05) is 18.8 Å². The zero-order chi connectivity index (χ0) is 16.8. The molecule has 0 radical (unpaired) electrons. The number of nitrogens with zero attached hydrogens (tertiary/aromatic N) is 3. The lowest BCUT2D eigenvalue weighted by Crippen LogP contribution is -2.23. The molecular formula is C19H22N4O. The van der Waals surface area contributed by atoms with Crippen molar-refractivity contribution >= 4 is 5.82 Å². The van der Waals surface area contributed by atoms with E-state index in [-0.39, 0.29) is 6.10 Å². The molecular weight excluding hydrogens is 300 g/mol. The maximum Gasteiger partial charge on any atom is 0.213 e. The van der Waals surface area contributed by atoms with Gasteiger partial charge in [0.25, 0.3) is 0 Å². The average Bonchev–Trinajstić information content (AvgIpc) is 2.62. The molecule has 0 saturated heterocycles. The van der Waals surface area contributed by atoms with Crippen LogP contribution in [-0.4, -0.2) is 16.1 Å². The lowest BCUT2D eigenvalue weighted by atomic mass is 9.89. The van der Waals surface area contributed by atoms with E-state index in [1.54, 1.807) is 12.3 Å². The third kappa shape index (κ3) is 4.45. The van der Waals surface area contributed by atoms with Crippen molar-refractivity contribution in [2.75, 3.05) is 5.32 Å². The fraction of sp³-hybridized carbons (Fsp3) is 0.421. The molecule has 0 bridgehead atoms. The molecule has 3 rings (SSSR count). The summed E-state index contributed by atoms with van der Waals surface area (Å²) in [6, 6.07) is 11.3. The smallest absolute Gasteiger partial charge is 0.213 e. The first-order valence-corrected chi connectivity index (χ1v) is 8.45. The van der Waals surface area contributed by atoms with Crippen LogP contribution in [0.3, 0.4) is 0 Å². The molecule has 2 heterocycles. The van der Waals surface area contributed by atoms with Gasteiger partial charge in [-0.15, -0.1) is 0 Å². The van der Waals surface area contributed by atoms with E-state index in [4.69, 9.17) is 10.00 Å². The first-order chi connectivity index (χ1) is 11.7. The number of nitrogens with one attached hydrogen (secondary N) is 1. The number of aromatic nitrogens is 2. The Morgan fingerprint density at radius 2 is 2.08 bits per heavy atom. The van der Waals surface area contributed by atoms with Gasteiger partial charge in [-0.1, -0.05) is 13.0 Å². The normalized spacial score (nSPS) is 20.2. The van der Waals surface area contributed by atoms with E-state index >= 15 is 0 Å². The first-order valence-electron chi connectivity index (χ1n) is 8.45. The minimum atomic E-state index is 0.283. The van der Waals surface area contributed by atoms with Crippen LogP contribution in [0.25, 0.3) is 0 Å². The molecule has 124 valence electrons. The topological polar surface area (TPSA) is 70.8 Å². The number of nitriles is 1. The van der Waals surface area contributed by atoms with Gasteiger partial charge in [0.15, 0.2) is 0 Å². The zero-order valence-corrected chi connectivity index (χ0v) is 13.9. The van der Waals surface area contributed by atoms with Crippen LogP contribution in [0, 0.1) is 17.2 Å². The molecule has 24 heavy (non-hydrogen) atoms. The summed E-state index contributed by atoms with van der Waals surface area (Å²) < 4.78 is 6.04. The zero-order valence-electron chi connectivity index (χ0n) is 13.9. The maximum atomic E-state index is 8.89. The highest BCUT2D eigenvalue weighted by atomic mass is 16.5. The minimum Gasteiger partial charge on any atom is -0.474 e. The summed E-state index contributed by atoms with van der Waals surface area (Å²) in [7, 11) is 0. The summed E-state index contributed by atoms with van der Waals surface area (Å²) >= 11 is 0. The fourth-order valence-corrected chi connectivity index (χ4v) is 2.93. The van der Waals surface area contributed by atoms with E-state index in [0.717, 1.165) is 24.3 Å². The Bertz CT molecular complexity index is 717. The third-order valence-electron chi connectivity index (χ3n) is 4.39. The molecule has 1 aliphatic carbocycles. The Hall–Kier alpha value is -2.61. The first kappa shape index (κ1) is 16.3. The van der Waals surface area contributed by atoms with Crippen LogP contribution in [0.5, 0.6) is 5.88 Å². The summed E-state index contributed by atoms with van der Waals surface area (Å²) in [6.45, 7) is 2.92. The molecule has 2 aromatic heterocycles. The molecule has 1 aliphatic rings. The van der Waals surface area contributed by atoms with Crippen molar-refractivity contribution in [3.63, 3.8) is 0 Å². The molecule has 0 aliphatic heterocycles. The van der Waals surface area contributed by atoms with Crippen LogP contribution in [0.4, 0.5) is 5.82 Å². The number of anilines is 1. The van der Waals surface area contributed by atoms with Crippen molar-refractivity contribution < 1.29 is 4.74 Å². The van der Waals surface area contributed by atoms with Crippen molar-refractivity contribution in [1.82, 2.24) is 9.97 Å². The number of hydrogen-bond donors (Lipinski definition) is 1. The molecule has 5 nitrogen and oxygen atoms in total. The predicted octanol–water partition coefficient (Wildman–Crippen LogP) is 3.92. The molecule has 0 atom stereocenters. The Morgan fingerprint density at radius 1 is 1.25 bits per heavy atom. The number of rotatable bonds is 5. The van der Waals surface area contributed by atoms with Crippen molar-refractivity contribution in [2.24, 2.45) is 5.92 Å². The number of hydrogen-bond acceptors (Lipinski definition) is 5. The van der Waals surface area contributed by atoms with Crippen molar-refractivity contribution in [2.45, 2.75) is 45.3 Å². The second-order valence-electron chi connectivity index (χ2n) is 6.38. The summed E-state index contributed by atoms with van der Waals surface area (Å²) in [5, 5.41) is 12.1. The molecule has 0 unspecified atom stereocenters. The Kier molecular flexibility index (Phi) is 5.27. The van der Waals surface area contributed by atoms with Gasteiger partial charge < -0.3 is 10.1 Å². The van der Waals surface area contributed by atoms with Gasteiger partial charge in [0.1, 0.15) is 23.7 Å². The molecule has 0 spiro atoms. The van der Waals surface area contributed by atoms with Gasteiger partial charge in [-0.3, -0.25) is 0 Å². The van der Waals surface area contributed by atoms with Gasteiger partial charge in [-0.2, -0.15) is 5.26 Å². The molecule has 0 aromatic carbocycles. The largest absolute Gasteiger partial charge is 0.474 e. The minimum absolute atomic E-state index is 0.283. The summed E-state index contributed by atoms with van der Waals surface area (Å²) in [6.07, 6.45) is 6.73. The van der Waals surface area contributed by atoms with Gasteiger partial charge in [0.2, 0.25) is 5.88 Å². The van der Waals surface area contributed by atoms with Crippen LogP contribution in [-0.2, 0) is 6.54 Å². The van der Waals surface area contributed by atoms with Crippen molar-refractivity contribution in [1.29, 1.82) is 5.26 Å². The Balaban J connectivity index is 1.58. The molecule has 2 aromatic rings. The van der Waals surface area contributed by atoms with E-state index in [9.17, 15) is 0 Å². The quantitative estimate of drug-likeness (QED) is 0.903. The third-order valence-corrected chi connectivity index (χ3v) is 4.39. The maximum absolute atomic E-state index is 8.89. The predicted molar refractivity (Wildman–Crippen MR) is 92.6 cm³/mol. The van der Waals surface area contributed by atoms with Crippen LogP contribution in [0.15, 0.2) is 36.5 Å². The highest BCUT2D eigenvalue weighted by molar-refractivity contribution is 5.39. The lowest BCUT2D eigenvalue weighted by Gasteiger charge is -2.26. The van der Waals surface area contributed by atoms with Crippen molar-refractivity contribution in [3.05, 3.63) is 47.8 Å². The van der Waals surface area contributed by atoms with E-state index in [0.29, 0.717) is 23.9 Å². The van der Waals surface area contributed by atoms with E-state index < -0.39 is 0 Å². The van der Waals surface area contributed by atoms with E-state index in [1.165, 1.54) is 12.8 Å². The lowest BCUT2D eigenvalue weighted by molar-refractivity contribution is 0.130. The summed E-state index contributed by atoms with van der Waals surface area (Å²) in [5.41, 5.74) is 1.48. The van der Waals surface area contributed by atoms with E-state index in [1.807, 2.05) is 30.3 Å². The van der Waals surface area contributed by atoms with Gasteiger partial charge in [-0.25, -0.2) is 9.97 Å². The molecule has 1 fully saturated rings. The second kappa shape index (κ2) is 7.78. The van der Waals surface area contributed by atoms with Crippen LogP contribution in [0.1, 0.15) is 43.9 Å². The number of pyridine rings is 2. The summed E-state index contributed by atoms with van der Waals surface area (Å²) in [4.78, 5) is 8.54. The molecule has 1 N–H and O–H groups in total. The Morgan fingerprint density at radius 3 is 2.88 bits per heavy atom. The van der Waals surface area contributed by atoms with Crippen LogP contribution in [0.2, 0.25) is 0 Å². The Labute approximate surface area is 142 Å². The van der Waals surface area contributed by atoms with Gasteiger partial charge in [0.05, 0.1) is 0 Å². The summed E-state index contributed by atoms with van der Waals surface area (Å²) in [5.74, 6) is 2.19. The van der Waals surface area contributed by atoms with Gasteiger partial charge in [-0.05, 0) is 55.4 Å². The number of ether oxygens (including phenoxy) is 1. The van der Waals surface area contributed by atoms with Gasteiger partial charge >= 0.3 is 0 Å². The fourth-order valence-electron chi connectivity index (χ4n) is 2.93. The van der Waals surface area contributed by atoms with E-state index in [2.05, 4.69) is 22.2 Å². The van der Waals surface area contributed by atoms with Crippen LogP contribution >= 0.6 is 0 Å². The highest BCUT2D eigenvalue weighted by Gasteiger charge is 2.19. The monoisotopic (exact) mass is 322 g/mol. The molecule has 5 heteroatoms. The second-order valence-corrected chi connectivity index (χ2v) is 6.38. The average molecular weight is 322 g/mol. The molecule has 0 amide bonds. The van der Waals surface area contributed by atoms with Crippen LogP contribution < -0.4 is 10.1 Å². The molecule has 1 saturated carbocycles.